The Morgan fingerprint density at radius 2 is 2.36 bits per heavy atom. The van der Waals surface area contributed by atoms with Crippen molar-refractivity contribution < 1.29 is 4.79 Å². The van der Waals surface area contributed by atoms with E-state index < -0.39 is 0 Å². The molecule has 0 bridgehead atoms. The van der Waals surface area contributed by atoms with Crippen LogP contribution in [-0.4, -0.2) is 20.8 Å². The maximum absolute atomic E-state index is 11.1. The minimum absolute atomic E-state index is 0.0687. The minimum Gasteiger partial charge on any atom is -0.297 e. The Kier molecular flexibility index (Phi) is 2.36. The van der Waals surface area contributed by atoms with E-state index in [-0.39, 0.29) is 11.7 Å². The molecule has 0 radical (unpaired) electrons. The van der Waals surface area contributed by atoms with Crippen LogP contribution in [0.3, 0.4) is 0 Å². The van der Waals surface area contributed by atoms with Crippen molar-refractivity contribution in [2.24, 2.45) is 5.92 Å². The number of aromatic nitrogens is 3. The summed E-state index contributed by atoms with van der Waals surface area (Å²) in [6.07, 6.45) is 3.24. The quantitative estimate of drug-likeness (QED) is 0.635. The van der Waals surface area contributed by atoms with Gasteiger partial charge in [-0.1, -0.05) is 19.1 Å². The summed E-state index contributed by atoms with van der Waals surface area (Å²) < 4.78 is 1.53. The van der Waals surface area contributed by atoms with Crippen molar-refractivity contribution in [2.45, 2.75) is 20.4 Å². The van der Waals surface area contributed by atoms with Gasteiger partial charge in [-0.3, -0.25) is 4.79 Å². The number of ketones is 1. The van der Waals surface area contributed by atoms with Crippen molar-refractivity contribution in [3.05, 3.63) is 12.4 Å². The molecule has 4 heteroatoms. The molecule has 0 aliphatic rings. The Labute approximate surface area is 65.2 Å². The van der Waals surface area contributed by atoms with E-state index in [0.29, 0.717) is 6.54 Å². The molecule has 0 N–H and O–H groups in total. The highest BCUT2D eigenvalue weighted by molar-refractivity contribution is 5.79. The first-order chi connectivity index (χ1) is 5.20. The summed E-state index contributed by atoms with van der Waals surface area (Å²) in [5.74, 6) is 0.245. The van der Waals surface area contributed by atoms with Gasteiger partial charge in [0.2, 0.25) is 0 Å². The molecule has 60 valence electrons. The molecule has 1 rings (SSSR count). The van der Waals surface area contributed by atoms with E-state index in [1.165, 1.54) is 4.68 Å². The van der Waals surface area contributed by atoms with Crippen molar-refractivity contribution in [1.82, 2.24) is 15.0 Å². The Bertz CT molecular complexity index is 228. The standard InChI is InChI=1S/C7H11N3O/c1-6(2)7(11)5-10-4-3-8-9-10/h3-4,6H,5H2,1-2H3. The molecule has 0 aliphatic heterocycles. The zero-order chi connectivity index (χ0) is 8.27. The number of carbonyl (C=O) groups is 1. The van der Waals surface area contributed by atoms with Crippen LogP contribution in [0.5, 0.6) is 0 Å². The van der Waals surface area contributed by atoms with Crippen LogP contribution >= 0.6 is 0 Å². The lowest BCUT2D eigenvalue weighted by atomic mass is 10.1. The summed E-state index contributed by atoms with van der Waals surface area (Å²) in [4.78, 5) is 11.1. The van der Waals surface area contributed by atoms with Gasteiger partial charge in [0, 0.05) is 12.1 Å². The lowest BCUT2D eigenvalue weighted by Crippen LogP contribution is -2.15. The smallest absolute Gasteiger partial charge is 0.156 e. The van der Waals surface area contributed by atoms with Gasteiger partial charge in [-0.2, -0.15) is 0 Å². The summed E-state index contributed by atoms with van der Waals surface area (Å²) in [7, 11) is 0. The van der Waals surface area contributed by atoms with Crippen molar-refractivity contribution >= 4 is 5.78 Å². The second-order valence-electron chi connectivity index (χ2n) is 2.72. The molecule has 1 aromatic heterocycles. The molecule has 0 unspecified atom stereocenters. The second-order valence-corrected chi connectivity index (χ2v) is 2.72. The fraction of sp³-hybridized carbons (Fsp3) is 0.571. The highest BCUT2D eigenvalue weighted by Gasteiger charge is 2.07. The maximum atomic E-state index is 11.1. The van der Waals surface area contributed by atoms with E-state index in [2.05, 4.69) is 10.3 Å². The predicted octanol–water partition coefficient (Wildman–Crippen LogP) is 0.503. The number of hydrogen-bond donors (Lipinski definition) is 0. The molecule has 0 fully saturated rings. The van der Waals surface area contributed by atoms with Crippen LogP contribution in [0.1, 0.15) is 13.8 Å². The van der Waals surface area contributed by atoms with Gasteiger partial charge in [0.05, 0.1) is 6.20 Å². The molecule has 4 nitrogen and oxygen atoms in total. The summed E-state index contributed by atoms with van der Waals surface area (Å²) in [6, 6.07) is 0. The number of rotatable bonds is 3. The maximum Gasteiger partial charge on any atom is 0.156 e. The van der Waals surface area contributed by atoms with E-state index in [1.807, 2.05) is 13.8 Å². The third-order valence-corrected chi connectivity index (χ3v) is 1.43. The summed E-state index contributed by atoms with van der Waals surface area (Å²) in [6.45, 7) is 4.08. The van der Waals surface area contributed by atoms with Crippen molar-refractivity contribution in [1.29, 1.82) is 0 Å². The molecule has 0 aromatic carbocycles. The second kappa shape index (κ2) is 3.27. The Hall–Kier alpha value is -1.19. The van der Waals surface area contributed by atoms with Gasteiger partial charge in [0.25, 0.3) is 0 Å². The highest BCUT2D eigenvalue weighted by Crippen LogP contribution is 1.95. The van der Waals surface area contributed by atoms with Gasteiger partial charge in [0.15, 0.2) is 5.78 Å². The molecule has 1 heterocycles. The lowest BCUT2D eigenvalue weighted by Gasteiger charge is -2.01. The first kappa shape index (κ1) is 7.91. The van der Waals surface area contributed by atoms with Gasteiger partial charge in [0.1, 0.15) is 6.54 Å². The number of carbonyl (C=O) groups excluding carboxylic acids is 1. The fourth-order valence-corrected chi connectivity index (χ4v) is 0.659. The van der Waals surface area contributed by atoms with Crippen LogP contribution < -0.4 is 0 Å². The summed E-state index contributed by atoms with van der Waals surface area (Å²) in [5, 5.41) is 7.28. The van der Waals surface area contributed by atoms with Crippen LogP contribution in [0, 0.1) is 5.92 Å². The third-order valence-electron chi connectivity index (χ3n) is 1.43. The Balaban J connectivity index is 2.50. The Morgan fingerprint density at radius 1 is 1.64 bits per heavy atom. The van der Waals surface area contributed by atoms with Gasteiger partial charge >= 0.3 is 0 Å². The first-order valence-corrected chi connectivity index (χ1v) is 3.57. The van der Waals surface area contributed by atoms with Gasteiger partial charge in [-0.25, -0.2) is 4.68 Å². The van der Waals surface area contributed by atoms with Crippen LogP contribution in [0.15, 0.2) is 12.4 Å². The van der Waals surface area contributed by atoms with Crippen LogP contribution in [-0.2, 0) is 11.3 Å². The topological polar surface area (TPSA) is 47.8 Å². The average Bonchev–Trinajstić information content (AvgIpc) is 2.39. The molecule has 0 atom stereocenters. The number of Topliss-reactive ketones (excluding diaryl/α,β-unsaturated/α-hetero) is 1. The van der Waals surface area contributed by atoms with E-state index in [1.54, 1.807) is 12.4 Å². The zero-order valence-corrected chi connectivity index (χ0v) is 6.69. The fourth-order valence-electron chi connectivity index (χ4n) is 0.659. The number of hydrogen-bond acceptors (Lipinski definition) is 3. The van der Waals surface area contributed by atoms with E-state index in [9.17, 15) is 4.79 Å². The van der Waals surface area contributed by atoms with Gasteiger partial charge < -0.3 is 0 Å². The summed E-state index contributed by atoms with van der Waals surface area (Å²) >= 11 is 0. The largest absolute Gasteiger partial charge is 0.297 e. The lowest BCUT2D eigenvalue weighted by molar-refractivity contribution is -0.122. The molecule has 1 aromatic rings. The first-order valence-electron chi connectivity index (χ1n) is 3.57. The van der Waals surface area contributed by atoms with E-state index in [4.69, 9.17) is 0 Å². The average molecular weight is 153 g/mol. The third kappa shape index (κ3) is 2.14. The molecule has 11 heavy (non-hydrogen) atoms. The molecule has 0 saturated carbocycles. The zero-order valence-electron chi connectivity index (χ0n) is 6.69. The SMILES string of the molecule is CC(C)C(=O)Cn1ccnn1. The molecular formula is C7H11N3O. The van der Waals surface area contributed by atoms with Crippen LogP contribution in [0.4, 0.5) is 0 Å². The highest BCUT2D eigenvalue weighted by atomic mass is 16.1. The normalized spacial score (nSPS) is 10.5. The van der Waals surface area contributed by atoms with Crippen LogP contribution in [0.2, 0.25) is 0 Å². The van der Waals surface area contributed by atoms with Gasteiger partial charge in [-0.05, 0) is 0 Å². The van der Waals surface area contributed by atoms with Crippen molar-refractivity contribution in [3.63, 3.8) is 0 Å². The van der Waals surface area contributed by atoms with Crippen molar-refractivity contribution in [3.8, 4) is 0 Å². The monoisotopic (exact) mass is 153 g/mol. The molecule has 0 spiro atoms. The summed E-state index contributed by atoms with van der Waals surface area (Å²) in [5.41, 5.74) is 0. The number of nitrogens with zero attached hydrogens (tertiary/aromatic N) is 3. The predicted molar refractivity (Wildman–Crippen MR) is 39.9 cm³/mol. The van der Waals surface area contributed by atoms with Crippen molar-refractivity contribution in [2.75, 3.05) is 0 Å². The van der Waals surface area contributed by atoms with Crippen LogP contribution in [0.25, 0.3) is 0 Å². The Morgan fingerprint density at radius 3 is 2.82 bits per heavy atom. The molecule has 0 saturated heterocycles. The molecule has 0 aliphatic carbocycles. The molecular weight excluding hydrogens is 142 g/mol. The molecule has 0 amide bonds. The van der Waals surface area contributed by atoms with E-state index >= 15 is 0 Å². The minimum atomic E-state index is 0.0687. The van der Waals surface area contributed by atoms with Gasteiger partial charge in [-0.15, -0.1) is 5.10 Å². The van der Waals surface area contributed by atoms with E-state index in [0.717, 1.165) is 0 Å².